The van der Waals surface area contributed by atoms with Crippen LogP contribution in [-0.2, 0) is 16.0 Å². The van der Waals surface area contributed by atoms with Gasteiger partial charge in [0, 0.05) is 24.8 Å². The van der Waals surface area contributed by atoms with E-state index in [0.29, 0.717) is 30.1 Å². The Morgan fingerprint density at radius 2 is 1.78 bits per heavy atom. The van der Waals surface area contributed by atoms with Gasteiger partial charge in [0.15, 0.2) is 17.3 Å². The lowest BCUT2D eigenvalue weighted by Crippen LogP contribution is -2.35. The highest BCUT2D eigenvalue weighted by molar-refractivity contribution is 6.20. The van der Waals surface area contributed by atoms with Crippen LogP contribution >= 0.6 is 0 Å². The van der Waals surface area contributed by atoms with Crippen LogP contribution in [0.1, 0.15) is 67.8 Å². The number of Topliss-reactive ketones (excluding diaryl/α,β-unsaturated/α-hetero) is 3. The Kier molecular flexibility index (Phi) is 6.38. The number of rotatable bonds is 6. The van der Waals surface area contributed by atoms with Crippen LogP contribution in [-0.4, -0.2) is 45.3 Å². The van der Waals surface area contributed by atoms with Crippen molar-refractivity contribution in [3.8, 4) is 5.75 Å². The van der Waals surface area contributed by atoms with Gasteiger partial charge in [-0.15, -0.1) is 0 Å². The molecule has 1 saturated carbocycles. The van der Waals surface area contributed by atoms with E-state index >= 15 is 0 Å². The van der Waals surface area contributed by atoms with E-state index in [0.717, 1.165) is 18.4 Å². The molecule has 0 amide bonds. The molecule has 1 fully saturated rings. The van der Waals surface area contributed by atoms with Crippen molar-refractivity contribution in [2.45, 2.75) is 64.3 Å². The first-order chi connectivity index (χ1) is 15.3. The molecule has 0 saturated heterocycles. The second kappa shape index (κ2) is 9.06. The topological polar surface area (TPSA) is 124 Å². The highest BCUT2D eigenvalue weighted by Crippen LogP contribution is 2.42. The van der Waals surface area contributed by atoms with Gasteiger partial charge in [0.2, 0.25) is 0 Å². The predicted octanol–water partition coefficient (Wildman–Crippen LogP) is 3.48. The molecule has 0 heterocycles. The number of hydrogen-bond acceptors (Lipinski definition) is 7. The molecular weight excluding hydrogens is 410 g/mol. The van der Waals surface area contributed by atoms with Crippen molar-refractivity contribution in [1.82, 2.24) is 0 Å². The molecule has 3 atom stereocenters. The zero-order valence-corrected chi connectivity index (χ0v) is 18.4. The Morgan fingerprint density at radius 1 is 1.06 bits per heavy atom. The van der Waals surface area contributed by atoms with Crippen LogP contribution < -0.4 is 5.32 Å². The normalized spacial score (nSPS) is 26.4. The van der Waals surface area contributed by atoms with Crippen molar-refractivity contribution in [1.29, 1.82) is 0 Å². The van der Waals surface area contributed by atoms with Gasteiger partial charge in [-0.2, -0.15) is 0 Å². The summed E-state index contributed by atoms with van der Waals surface area (Å²) in [6, 6.07) is 4.04. The van der Waals surface area contributed by atoms with Gasteiger partial charge < -0.3 is 20.6 Å². The number of allylic oxidation sites excluding steroid dienone is 1. The summed E-state index contributed by atoms with van der Waals surface area (Å²) < 4.78 is 0. The summed E-state index contributed by atoms with van der Waals surface area (Å²) in [6.07, 6.45) is 5.81. The number of aliphatic hydroxyl groups is 2. The number of nitrogens with one attached hydrogen (secondary N) is 1. The minimum atomic E-state index is -0.686. The number of hydrogen-bond donors (Lipinski definition) is 4. The van der Waals surface area contributed by atoms with E-state index in [1.165, 1.54) is 19.8 Å². The smallest absolute Gasteiger partial charge is 0.170 e. The summed E-state index contributed by atoms with van der Waals surface area (Å²) in [6.45, 7) is 0.867. The lowest BCUT2D eigenvalue weighted by atomic mass is 9.70. The van der Waals surface area contributed by atoms with Crippen molar-refractivity contribution in [2.75, 3.05) is 11.9 Å². The molecule has 0 aromatic heterocycles. The van der Waals surface area contributed by atoms with Crippen LogP contribution in [0, 0.1) is 17.8 Å². The zero-order valence-electron chi connectivity index (χ0n) is 18.4. The van der Waals surface area contributed by atoms with Gasteiger partial charge in [-0.3, -0.25) is 14.4 Å². The Labute approximate surface area is 187 Å². The van der Waals surface area contributed by atoms with Gasteiger partial charge in [-0.25, -0.2) is 0 Å². The second-order valence-electron chi connectivity index (χ2n) is 9.55. The van der Waals surface area contributed by atoms with Crippen LogP contribution in [0.4, 0.5) is 5.69 Å². The van der Waals surface area contributed by atoms with Crippen LogP contribution in [0.5, 0.6) is 5.75 Å². The number of carbonyl (C=O) groups is 3. The summed E-state index contributed by atoms with van der Waals surface area (Å²) in [5.41, 5.74) is 1.56. The Morgan fingerprint density at radius 3 is 2.44 bits per heavy atom. The molecule has 4 rings (SSSR count). The number of anilines is 1. The molecule has 0 radical (unpaired) electrons. The van der Waals surface area contributed by atoms with Crippen molar-refractivity contribution in [3.05, 3.63) is 34.6 Å². The maximum absolute atomic E-state index is 13.0. The summed E-state index contributed by atoms with van der Waals surface area (Å²) in [5.74, 6) is -2.44. The summed E-state index contributed by atoms with van der Waals surface area (Å²) >= 11 is 0. The fourth-order valence-electron chi connectivity index (χ4n) is 5.76. The number of fused-ring (bicyclic) bond motifs is 1. The fourth-order valence-corrected chi connectivity index (χ4v) is 5.76. The number of ketones is 3. The molecule has 0 aliphatic heterocycles. The summed E-state index contributed by atoms with van der Waals surface area (Å²) in [4.78, 5) is 37.1. The SMILES string of the molecule is CC(=O)C1=C(O)C(CO)C(CC2CC(=O)c3c(ccc(NC4CCCC4)c3O)C2)CC1=O. The third-order valence-corrected chi connectivity index (χ3v) is 7.33. The second-order valence-corrected chi connectivity index (χ2v) is 9.55. The number of phenols is 1. The largest absolute Gasteiger partial charge is 0.511 e. The first-order valence-electron chi connectivity index (χ1n) is 11.5. The average molecular weight is 442 g/mol. The summed E-state index contributed by atoms with van der Waals surface area (Å²) in [5, 5.41) is 34.4. The van der Waals surface area contributed by atoms with Gasteiger partial charge in [-0.1, -0.05) is 18.9 Å². The Bertz CT molecular complexity index is 975. The molecule has 0 bridgehead atoms. The van der Waals surface area contributed by atoms with Gasteiger partial charge in [0.25, 0.3) is 0 Å². The maximum atomic E-state index is 13.0. The highest BCUT2D eigenvalue weighted by Gasteiger charge is 2.40. The molecule has 1 aromatic carbocycles. The fraction of sp³-hybridized carbons (Fsp3) is 0.560. The van der Waals surface area contributed by atoms with Gasteiger partial charge in [0.1, 0.15) is 11.5 Å². The lowest BCUT2D eigenvalue weighted by molar-refractivity contribution is -0.123. The Balaban J connectivity index is 1.51. The highest BCUT2D eigenvalue weighted by atomic mass is 16.3. The molecule has 172 valence electrons. The van der Waals surface area contributed by atoms with Gasteiger partial charge in [0.05, 0.1) is 23.4 Å². The van der Waals surface area contributed by atoms with Crippen LogP contribution in [0.3, 0.4) is 0 Å². The molecule has 3 aliphatic carbocycles. The number of benzene rings is 1. The molecule has 32 heavy (non-hydrogen) atoms. The third kappa shape index (κ3) is 4.18. The quantitative estimate of drug-likeness (QED) is 0.393. The summed E-state index contributed by atoms with van der Waals surface area (Å²) in [7, 11) is 0. The monoisotopic (exact) mass is 441 g/mol. The van der Waals surface area contributed by atoms with E-state index in [1.54, 1.807) is 0 Å². The van der Waals surface area contributed by atoms with E-state index in [1.807, 2.05) is 12.1 Å². The number of aliphatic hydroxyl groups excluding tert-OH is 2. The molecule has 3 aliphatic rings. The first kappa shape index (κ1) is 22.5. The van der Waals surface area contributed by atoms with Crippen molar-refractivity contribution in [3.63, 3.8) is 0 Å². The van der Waals surface area contributed by atoms with E-state index < -0.39 is 17.5 Å². The van der Waals surface area contributed by atoms with Crippen molar-refractivity contribution >= 4 is 23.0 Å². The predicted molar refractivity (Wildman–Crippen MR) is 119 cm³/mol. The van der Waals surface area contributed by atoms with E-state index in [9.17, 15) is 29.7 Å². The van der Waals surface area contributed by atoms with Crippen molar-refractivity contribution in [2.24, 2.45) is 17.8 Å². The zero-order chi connectivity index (χ0) is 23.0. The standard InChI is InChI=1S/C25H31NO6/c1-13(28)22-21(30)11-16(18(12-27)24(22)31)9-14-8-15-6-7-19(26-17-4-2-3-5-17)25(32)23(15)20(29)10-14/h6-7,14,16-18,26-27,31-32H,2-5,8-12H2,1H3. The average Bonchev–Trinajstić information content (AvgIpc) is 3.23. The number of phenolic OH excluding ortho intramolecular Hbond substituents is 1. The van der Waals surface area contributed by atoms with E-state index in [2.05, 4.69) is 5.32 Å². The molecule has 7 nitrogen and oxygen atoms in total. The van der Waals surface area contributed by atoms with Crippen LogP contribution in [0.15, 0.2) is 23.5 Å². The Hall–Kier alpha value is -2.67. The first-order valence-corrected chi connectivity index (χ1v) is 11.5. The van der Waals surface area contributed by atoms with Gasteiger partial charge in [-0.05, 0) is 56.1 Å². The van der Waals surface area contributed by atoms with E-state index in [4.69, 9.17) is 0 Å². The maximum Gasteiger partial charge on any atom is 0.170 e. The molecular formula is C25H31NO6. The van der Waals surface area contributed by atoms with Crippen LogP contribution in [0.25, 0.3) is 0 Å². The van der Waals surface area contributed by atoms with E-state index in [-0.39, 0.29) is 54.1 Å². The molecule has 7 heteroatoms. The lowest BCUT2D eigenvalue weighted by Gasteiger charge is -2.34. The number of carbonyl (C=O) groups excluding carboxylic acids is 3. The molecule has 1 aromatic rings. The molecule has 4 N–H and O–H groups in total. The molecule has 0 spiro atoms. The van der Waals surface area contributed by atoms with Crippen molar-refractivity contribution < 1.29 is 29.7 Å². The number of aromatic hydroxyl groups is 1. The van der Waals surface area contributed by atoms with Gasteiger partial charge >= 0.3 is 0 Å². The minimum Gasteiger partial charge on any atom is -0.511 e. The van der Waals surface area contributed by atoms with Crippen LogP contribution in [0.2, 0.25) is 0 Å². The third-order valence-electron chi connectivity index (χ3n) is 7.33. The minimum absolute atomic E-state index is 0.0191. The molecule has 3 unspecified atom stereocenters.